The van der Waals surface area contributed by atoms with E-state index < -0.39 is 0 Å². The molecule has 4 rings (SSSR count). The maximum Gasteiger partial charge on any atom is 0.230 e. The fraction of sp³-hybridized carbons (Fsp3) is 0.100. The zero-order valence-electron chi connectivity index (χ0n) is 13.4. The molecule has 0 aliphatic carbocycles. The van der Waals surface area contributed by atoms with Gasteiger partial charge >= 0.3 is 0 Å². The van der Waals surface area contributed by atoms with E-state index in [4.69, 9.17) is 0 Å². The van der Waals surface area contributed by atoms with Gasteiger partial charge in [-0.3, -0.25) is 4.79 Å². The van der Waals surface area contributed by atoms with Crippen LogP contribution in [0.5, 0.6) is 0 Å². The van der Waals surface area contributed by atoms with E-state index in [-0.39, 0.29) is 12.3 Å². The number of imidazole rings is 1. The Bertz CT molecular complexity index is 1040. The molecule has 4 nitrogen and oxygen atoms in total. The molecule has 0 aliphatic heterocycles. The maximum atomic E-state index is 12.4. The second kappa shape index (κ2) is 5.81. The molecule has 2 aromatic carbocycles. The Morgan fingerprint density at radius 2 is 1.96 bits per heavy atom. The van der Waals surface area contributed by atoms with Gasteiger partial charge in [-0.25, -0.2) is 4.98 Å². The summed E-state index contributed by atoms with van der Waals surface area (Å²) >= 11 is 0. The van der Waals surface area contributed by atoms with Crippen LogP contribution in [0.4, 0.5) is 5.69 Å². The molecule has 0 saturated heterocycles. The lowest BCUT2D eigenvalue weighted by Crippen LogP contribution is -2.14. The van der Waals surface area contributed by atoms with Gasteiger partial charge in [-0.05, 0) is 36.1 Å². The number of hydrogen-bond acceptors (Lipinski definition) is 2. The SMILES string of the molecule is Cc1ccn2cc(CC(=O)Nc3cccc4ccccc34)nc2c1. The summed E-state index contributed by atoms with van der Waals surface area (Å²) < 4.78 is 1.94. The molecule has 2 heterocycles. The van der Waals surface area contributed by atoms with E-state index in [1.54, 1.807) is 0 Å². The number of anilines is 1. The quantitative estimate of drug-likeness (QED) is 0.621. The minimum Gasteiger partial charge on any atom is -0.325 e. The van der Waals surface area contributed by atoms with Gasteiger partial charge in [0.15, 0.2) is 0 Å². The Morgan fingerprint density at radius 3 is 2.88 bits per heavy atom. The molecular formula is C20H17N3O. The van der Waals surface area contributed by atoms with Crippen LogP contribution in [-0.2, 0) is 11.2 Å². The smallest absolute Gasteiger partial charge is 0.230 e. The number of aromatic nitrogens is 2. The van der Waals surface area contributed by atoms with E-state index >= 15 is 0 Å². The third-order valence-electron chi connectivity index (χ3n) is 4.07. The molecule has 1 amide bonds. The number of amides is 1. The normalized spacial score (nSPS) is 11.0. The van der Waals surface area contributed by atoms with Crippen LogP contribution in [0.1, 0.15) is 11.3 Å². The number of benzene rings is 2. The first kappa shape index (κ1) is 14.5. The van der Waals surface area contributed by atoms with Crippen molar-refractivity contribution in [1.29, 1.82) is 0 Å². The van der Waals surface area contributed by atoms with Gasteiger partial charge in [-0.15, -0.1) is 0 Å². The number of hydrogen-bond donors (Lipinski definition) is 1. The molecule has 0 aliphatic rings. The topological polar surface area (TPSA) is 46.4 Å². The highest BCUT2D eigenvalue weighted by molar-refractivity contribution is 6.02. The van der Waals surface area contributed by atoms with E-state index in [0.717, 1.165) is 33.4 Å². The van der Waals surface area contributed by atoms with Crippen LogP contribution in [0.25, 0.3) is 16.4 Å². The number of aryl methyl sites for hydroxylation is 1. The summed E-state index contributed by atoms with van der Waals surface area (Å²) in [5.41, 5.74) is 3.61. The molecule has 0 saturated carbocycles. The second-order valence-electron chi connectivity index (χ2n) is 5.95. The van der Waals surface area contributed by atoms with Crippen LogP contribution in [0.15, 0.2) is 67.0 Å². The molecule has 24 heavy (non-hydrogen) atoms. The molecule has 0 spiro atoms. The molecule has 118 valence electrons. The lowest BCUT2D eigenvalue weighted by Gasteiger charge is -2.07. The van der Waals surface area contributed by atoms with Crippen molar-refractivity contribution < 1.29 is 4.79 Å². The monoisotopic (exact) mass is 315 g/mol. The number of nitrogens with one attached hydrogen (secondary N) is 1. The number of pyridine rings is 1. The predicted octanol–water partition coefficient (Wildman–Crippen LogP) is 3.98. The van der Waals surface area contributed by atoms with Gasteiger partial charge in [-0.2, -0.15) is 0 Å². The van der Waals surface area contributed by atoms with Crippen LogP contribution >= 0.6 is 0 Å². The highest BCUT2D eigenvalue weighted by atomic mass is 16.1. The molecular weight excluding hydrogens is 298 g/mol. The number of carbonyl (C=O) groups is 1. The standard InChI is InChI=1S/C20H17N3O/c1-14-9-10-23-13-16(21-19(23)11-14)12-20(24)22-18-8-4-6-15-5-2-3-7-17(15)18/h2-11,13H,12H2,1H3,(H,22,24). The third-order valence-corrected chi connectivity index (χ3v) is 4.07. The Balaban J connectivity index is 1.57. The van der Waals surface area contributed by atoms with Crippen molar-refractivity contribution in [3.05, 3.63) is 78.2 Å². The average molecular weight is 315 g/mol. The zero-order chi connectivity index (χ0) is 16.5. The molecule has 0 fully saturated rings. The Kier molecular flexibility index (Phi) is 3.50. The van der Waals surface area contributed by atoms with Crippen molar-refractivity contribution in [2.24, 2.45) is 0 Å². The van der Waals surface area contributed by atoms with Crippen molar-refractivity contribution in [1.82, 2.24) is 9.38 Å². The summed E-state index contributed by atoms with van der Waals surface area (Å²) in [7, 11) is 0. The largest absolute Gasteiger partial charge is 0.325 e. The molecule has 0 unspecified atom stereocenters. The minimum absolute atomic E-state index is 0.0634. The van der Waals surface area contributed by atoms with Crippen LogP contribution in [0.2, 0.25) is 0 Å². The summed E-state index contributed by atoms with van der Waals surface area (Å²) in [6.45, 7) is 2.03. The second-order valence-corrected chi connectivity index (χ2v) is 5.95. The van der Waals surface area contributed by atoms with Gasteiger partial charge in [-0.1, -0.05) is 36.4 Å². The summed E-state index contributed by atoms with van der Waals surface area (Å²) in [6.07, 6.45) is 4.12. The molecule has 0 bridgehead atoms. The molecule has 4 heteroatoms. The van der Waals surface area contributed by atoms with Gasteiger partial charge in [0.25, 0.3) is 0 Å². The zero-order valence-corrected chi connectivity index (χ0v) is 13.4. The first-order valence-corrected chi connectivity index (χ1v) is 7.91. The maximum absolute atomic E-state index is 12.4. The predicted molar refractivity (Wildman–Crippen MR) is 96.2 cm³/mol. The van der Waals surface area contributed by atoms with E-state index in [2.05, 4.69) is 10.3 Å². The molecule has 0 radical (unpaired) electrons. The fourth-order valence-electron chi connectivity index (χ4n) is 2.91. The van der Waals surface area contributed by atoms with Crippen LogP contribution in [0, 0.1) is 6.92 Å². The lowest BCUT2D eigenvalue weighted by atomic mass is 10.1. The number of rotatable bonds is 3. The van der Waals surface area contributed by atoms with Crippen molar-refractivity contribution in [2.75, 3.05) is 5.32 Å². The van der Waals surface area contributed by atoms with Gasteiger partial charge in [0.1, 0.15) is 5.65 Å². The molecule has 0 atom stereocenters. The molecule has 1 N–H and O–H groups in total. The first-order chi connectivity index (χ1) is 11.7. The van der Waals surface area contributed by atoms with Crippen molar-refractivity contribution in [3.8, 4) is 0 Å². The summed E-state index contributed by atoms with van der Waals surface area (Å²) in [4.78, 5) is 16.9. The summed E-state index contributed by atoms with van der Waals surface area (Å²) in [5.74, 6) is -0.0634. The highest BCUT2D eigenvalue weighted by Gasteiger charge is 2.09. The van der Waals surface area contributed by atoms with E-state index in [9.17, 15) is 4.79 Å². The molecule has 2 aromatic heterocycles. The highest BCUT2D eigenvalue weighted by Crippen LogP contribution is 2.23. The number of nitrogens with zero attached hydrogens (tertiary/aromatic N) is 2. The van der Waals surface area contributed by atoms with Gasteiger partial charge < -0.3 is 9.72 Å². The van der Waals surface area contributed by atoms with Crippen molar-refractivity contribution in [3.63, 3.8) is 0 Å². The van der Waals surface area contributed by atoms with Crippen molar-refractivity contribution in [2.45, 2.75) is 13.3 Å². The van der Waals surface area contributed by atoms with Crippen molar-refractivity contribution >= 4 is 28.0 Å². The average Bonchev–Trinajstić information content (AvgIpc) is 2.96. The number of carbonyl (C=O) groups excluding carboxylic acids is 1. The Labute approximate surface area is 139 Å². The fourth-order valence-corrected chi connectivity index (χ4v) is 2.91. The number of fused-ring (bicyclic) bond motifs is 2. The molecule has 4 aromatic rings. The van der Waals surface area contributed by atoms with Crippen LogP contribution < -0.4 is 5.32 Å². The Morgan fingerprint density at radius 1 is 1.12 bits per heavy atom. The van der Waals surface area contributed by atoms with E-state index in [1.807, 2.05) is 78.3 Å². The van der Waals surface area contributed by atoms with E-state index in [0.29, 0.717) is 0 Å². The van der Waals surface area contributed by atoms with Gasteiger partial charge in [0.05, 0.1) is 12.1 Å². The third kappa shape index (κ3) is 2.74. The van der Waals surface area contributed by atoms with Crippen LogP contribution in [-0.4, -0.2) is 15.3 Å². The van der Waals surface area contributed by atoms with E-state index in [1.165, 1.54) is 0 Å². The minimum atomic E-state index is -0.0634. The summed E-state index contributed by atoms with van der Waals surface area (Å²) in [5, 5.41) is 5.15. The van der Waals surface area contributed by atoms with Gasteiger partial charge in [0.2, 0.25) is 5.91 Å². The first-order valence-electron chi connectivity index (χ1n) is 7.91. The van der Waals surface area contributed by atoms with Crippen LogP contribution in [0.3, 0.4) is 0 Å². The summed E-state index contributed by atoms with van der Waals surface area (Å²) in [6, 6.07) is 18.0. The van der Waals surface area contributed by atoms with Gasteiger partial charge in [0, 0.05) is 23.5 Å². The Hall–Kier alpha value is -3.14. The lowest BCUT2D eigenvalue weighted by molar-refractivity contribution is -0.115.